The van der Waals surface area contributed by atoms with E-state index in [0.717, 1.165) is 10.4 Å². The lowest BCUT2D eigenvalue weighted by Gasteiger charge is -2.25. The van der Waals surface area contributed by atoms with E-state index in [9.17, 15) is 5.11 Å². The Kier molecular flexibility index (Phi) is 5.12. The van der Waals surface area contributed by atoms with E-state index in [1.807, 2.05) is 42.8 Å². The number of aliphatic hydroxyl groups excluding tert-OH is 1. The molecular weight excluding hydrogens is 312 g/mol. The molecule has 3 heterocycles. The third kappa shape index (κ3) is 3.82. The van der Waals surface area contributed by atoms with Crippen molar-refractivity contribution in [3.63, 3.8) is 0 Å². The lowest BCUT2D eigenvalue weighted by molar-refractivity contribution is 0.130. The van der Waals surface area contributed by atoms with Crippen LogP contribution in [-0.2, 0) is 6.54 Å². The van der Waals surface area contributed by atoms with Gasteiger partial charge in [0.2, 0.25) is 11.7 Å². The maximum absolute atomic E-state index is 9.34. The van der Waals surface area contributed by atoms with E-state index < -0.39 is 0 Å². The van der Waals surface area contributed by atoms with Crippen molar-refractivity contribution in [2.24, 2.45) is 0 Å². The average molecular weight is 330 g/mol. The highest BCUT2D eigenvalue weighted by Crippen LogP contribution is 2.26. The summed E-state index contributed by atoms with van der Waals surface area (Å²) in [5.74, 6) is 1.15. The van der Waals surface area contributed by atoms with Gasteiger partial charge in [-0.2, -0.15) is 4.98 Å². The van der Waals surface area contributed by atoms with Crippen LogP contribution in [0.25, 0.3) is 10.7 Å². The minimum Gasteiger partial charge on any atom is -0.395 e. The number of aromatic nitrogens is 3. The first-order valence-electron chi connectivity index (χ1n) is 7.39. The summed E-state index contributed by atoms with van der Waals surface area (Å²) < 4.78 is 5.42. The number of nitrogens with zero attached hydrogens (tertiary/aromatic N) is 4. The van der Waals surface area contributed by atoms with E-state index in [4.69, 9.17) is 4.52 Å². The van der Waals surface area contributed by atoms with E-state index in [1.54, 1.807) is 17.5 Å². The van der Waals surface area contributed by atoms with E-state index in [2.05, 4.69) is 20.0 Å². The summed E-state index contributed by atoms with van der Waals surface area (Å²) in [4.78, 5) is 11.7. The molecule has 0 saturated heterocycles. The summed E-state index contributed by atoms with van der Waals surface area (Å²) in [6, 6.07) is 7.74. The molecule has 23 heavy (non-hydrogen) atoms. The highest BCUT2D eigenvalue weighted by Gasteiger charge is 2.22. The van der Waals surface area contributed by atoms with Gasteiger partial charge in [0.25, 0.3) is 0 Å². The molecule has 0 radical (unpaired) electrons. The maximum Gasteiger partial charge on any atom is 0.244 e. The Morgan fingerprint density at radius 3 is 2.96 bits per heavy atom. The number of hydrogen-bond acceptors (Lipinski definition) is 7. The second-order valence-electron chi connectivity index (χ2n) is 5.16. The zero-order chi connectivity index (χ0) is 16.1. The second kappa shape index (κ2) is 7.45. The van der Waals surface area contributed by atoms with Crippen LogP contribution in [0.1, 0.15) is 24.4 Å². The van der Waals surface area contributed by atoms with Crippen molar-refractivity contribution in [1.82, 2.24) is 20.0 Å². The predicted molar refractivity (Wildman–Crippen MR) is 87.8 cm³/mol. The van der Waals surface area contributed by atoms with Crippen LogP contribution >= 0.6 is 11.3 Å². The minimum absolute atomic E-state index is 0.0660. The first kappa shape index (κ1) is 15.8. The quantitative estimate of drug-likeness (QED) is 0.718. The Balaban J connectivity index is 1.76. The summed E-state index contributed by atoms with van der Waals surface area (Å²) in [5, 5.41) is 15.4. The number of rotatable bonds is 7. The zero-order valence-electron chi connectivity index (χ0n) is 12.8. The summed E-state index contributed by atoms with van der Waals surface area (Å²) in [7, 11) is 0. The summed E-state index contributed by atoms with van der Waals surface area (Å²) in [6.45, 7) is 3.24. The van der Waals surface area contributed by atoms with E-state index in [1.165, 1.54) is 0 Å². The number of thiophene rings is 1. The average Bonchev–Trinajstić information content (AvgIpc) is 3.26. The van der Waals surface area contributed by atoms with Gasteiger partial charge < -0.3 is 9.63 Å². The van der Waals surface area contributed by atoms with Crippen molar-refractivity contribution in [2.45, 2.75) is 19.5 Å². The molecule has 120 valence electrons. The van der Waals surface area contributed by atoms with Crippen LogP contribution in [0.2, 0.25) is 0 Å². The van der Waals surface area contributed by atoms with Gasteiger partial charge >= 0.3 is 0 Å². The van der Waals surface area contributed by atoms with Gasteiger partial charge in [-0.3, -0.25) is 9.88 Å². The van der Waals surface area contributed by atoms with E-state index in [-0.39, 0.29) is 12.6 Å². The van der Waals surface area contributed by atoms with Crippen molar-refractivity contribution in [2.75, 3.05) is 13.2 Å². The Morgan fingerprint density at radius 2 is 2.26 bits per heavy atom. The zero-order valence-corrected chi connectivity index (χ0v) is 13.6. The molecule has 0 aliphatic heterocycles. The maximum atomic E-state index is 9.34. The smallest absolute Gasteiger partial charge is 0.244 e. The molecule has 0 saturated carbocycles. The van der Waals surface area contributed by atoms with Crippen LogP contribution in [0.5, 0.6) is 0 Å². The van der Waals surface area contributed by atoms with Gasteiger partial charge in [-0.15, -0.1) is 11.3 Å². The van der Waals surface area contributed by atoms with Crippen molar-refractivity contribution >= 4 is 11.3 Å². The molecule has 7 heteroatoms. The van der Waals surface area contributed by atoms with Crippen LogP contribution in [0.3, 0.4) is 0 Å². The molecule has 0 amide bonds. The highest BCUT2D eigenvalue weighted by molar-refractivity contribution is 7.13. The molecule has 0 aliphatic carbocycles. The van der Waals surface area contributed by atoms with Gasteiger partial charge in [0.05, 0.1) is 17.5 Å². The largest absolute Gasteiger partial charge is 0.395 e. The Labute approximate surface area is 138 Å². The topological polar surface area (TPSA) is 75.3 Å². The van der Waals surface area contributed by atoms with Crippen LogP contribution in [0.15, 0.2) is 46.6 Å². The Hall–Kier alpha value is -2.09. The fourth-order valence-corrected chi connectivity index (χ4v) is 2.98. The molecule has 3 aromatic heterocycles. The van der Waals surface area contributed by atoms with Crippen LogP contribution < -0.4 is 0 Å². The molecule has 6 nitrogen and oxygen atoms in total. The molecule has 1 unspecified atom stereocenters. The van der Waals surface area contributed by atoms with Crippen molar-refractivity contribution in [1.29, 1.82) is 0 Å². The van der Waals surface area contributed by atoms with E-state index in [0.29, 0.717) is 24.8 Å². The van der Waals surface area contributed by atoms with Crippen LogP contribution in [0.4, 0.5) is 0 Å². The van der Waals surface area contributed by atoms with E-state index >= 15 is 0 Å². The molecule has 1 atom stereocenters. The molecule has 0 spiro atoms. The number of pyridine rings is 1. The van der Waals surface area contributed by atoms with Crippen LogP contribution in [0, 0.1) is 0 Å². The monoisotopic (exact) mass is 330 g/mol. The Bertz CT molecular complexity index is 715. The van der Waals surface area contributed by atoms with Gasteiger partial charge in [-0.05, 0) is 30.0 Å². The van der Waals surface area contributed by atoms with Crippen molar-refractivity contribution < 1.29 is 9.63 Å². The summed E-state index contributed by atoms with van der Waals surface area (Å²) in [5.41, 5.74) is 1.07. The molecule has 1 N–H and O–H groups in total. The van der Waals surface area contributed by atoms with Gasteiger partial charge in [0.1, 0.15) is 0 Å². The number of hydrogen-bond donors (Lipinski definition) is 1. The molecule has 3 aromatic rings. The Morgan fingerprint density at radius 1 is 1.35 bits per heavy atom. The highest BCUT2D eigenvalue weighted by atomic mass is 32.1. The van der Waals surface area contributed by atoms with Gasteiger partial charge in [-0.25, -0.2) is 0 Å². The molecule has 0 fully saturated rings. The van der Waals surface area contributed by atoms with Gasteiger partial charge in [0.15, 0.2) is 0 Å². The van der Waals surface area contributed by atoms with Crippen LogP contribution in [-0.4, -0.2) is 38.3 Å². The first-order valence-corrected chi connectivity index (χ1v) is 8.27. The SMILES string of the molecule is CC(c1nc(-c2cccs2)no1)N(CCO)Cc1cccnc1. The fourth-order valence-electron chi connectivity index (χ4n) is 2.33. The molecule has 0 aliphatic rings. The molecule has 0 bridgehead atoms. The summed E-state index contributed by atoms with van der Waals surface area (Å²) >= 11 is 1.58. The second-order valence-corrected chi connectivity index (χ2v) is 6.11. The van der Waals surface area contributed by atoms with Crippen molar-refractivity contribution in [3.8, 4) is 10.7 Å². The molecule has 3 rings (SSSR count). The third-order valence-corrected chi connectivity index (χ3v) is 4.45. The first-order chi connectivity index (χ1) is 11.3. The standard InChI is InChI=1S/C16H18N4O2S/c1-12(16-18-15(19-22-16)14-5-3-9-23-14)20(7-8-21)11-13-4-2-6-17-10-13/h2-6,9-10,12,21H,7-8,11H2,1H3. The predicted octanol–water partition coefficient (Wildman–Crippen LogP) is 2.75. The minimum atomic E-state index is -0.0939. The third-order valence-electron chi connectivity index (χ3n) is 3.58. The van der Waals surface area contributed by atoms with Gasteiger partial charge in [0, 0.05) is 25.5 Å². The lowest BCUT2D eigenvalue weighted by Crippen LogP contribution is -2.29. The molecule has 0 aromatic carbocycles. The number of aliphatic hydroxyl groups is 1. The normalized spacial score (nSPS) is 12.7. The lowest BCUT2D eigenvalue weighted by atomic mass is 10.2. The molecular formula is C16H18N4O2S. The van der Waals surface area contributed by atoms with Crippen molar-refractivity contribution in [3.05, 3.63) is 53.5 Å². The summed E-state index contributed by atoms with van der Waals surface area (Å²) in [6.07, 6.45) is 3.57. The fraction of sp³-hybridized carbons (Fsp3) is 0.312. The van der Waals surface area contributed by atoms with Gasteiger partial charge in [-0.1, -0.05) is 17.3 Å².